The summed E-state index contributed by atoms with van der Waals surface area (Å²) in [6.45, 7) is 2.20. The summed E-state index contributed by atoms with van der Waals surface area (Å²) in [4.78, 5) is 24.9. The highest BCUT2D eigenvalue weighted by Crippen LogP contribution is 2.29. The molecule has 9 heteroatoms. The van der Waals surface area contributed by atoms with Gasteiger partial charge in [-0.3, -0.25) is 14.3 Å². The first kappa shape index (κ1) is 19.2. The number of nitrogens with one attached hydrogen (secondary N) is 1. The highest BCUT2D eigenvalue weighted by Gasteiger charge is 2.23. The van der Waals surface area contributed by atoms with Crippen LogP contribution in [-0.4, -0.2) is 26.2 Å². The maximum atomic E-state index is 13.2. The van der Waals surface area contributed by atoms with Gasteiger partial charge in [0.25, 0.3) is 11.8 Å². The molecular formula is C20H18ClN5O2S. The van der Waals surface area contributed by atoms with Crippen LogP contribution in [-0.2, 0) is 13.6 Å². The van der Waals surface area contributed by atoms with Gasteiger partial charge in [0.05, 0.1) is 21.6 Å². The lowest BCUT2D eigenvalue weighted by Gasteiger charge is -2.12. The Bertz CT molecular complexity index is 1250. The van der Waals surface area contributed by atoms with Crippen molar-refractivity contribution >= 4 is 50.7 Å². The van der Waals surface area contributed by atoms with Gasteiger partial charge in [-0.25, -0.2) is 0 Å². The number of halogens is 1. The number of aromatic nitrogens is 3. The van der Waals surface area contributed by atoms with Gasteiger partial charge in [-0.2, -0.15) is 5.10 Å². The van der Waals surface area contributed by atoms with E-state index in [-0.39, 0.29) is 11.6 Å². The Morgan fingerprint density at radius 3 is 2.76 bits per heavy atom. The number of amides is 2. The summed E-state index contributed by atoms with van der Waals surface area (Å²) in [7, 11) is 1.69. The van der Waals surface area contributed by atoms with Crippen molar-refractivity contribution in [3.63, 3.8) is 0 Å². The van der Waals surface area contributed by atoms with E-state index >= 15 is 0 Å². The third-order valence-corrected chi connectivity index (χ3v) is 6.07. The molecule has 0 saturated heterocycles. The molecule has 0 aliphatic carbocycles. The average molecular weight is 428 g/mol. The number of carbonyl (C=O) groups is 2. The molecule has 1 aromatic carbocycles. The fraction of sp³-hybridized carbons (Fsp3) is 0.150. The summed E-state index contributed by atoms with van der Waals surface area (Å²) in [5.41, 5.74) is 8.72. The molecule has 0 radical (unpaired) electrons. The minimum absolute atomic E-state index is 0.0318. The fourth-order valence-corrected chi connectivity index (χ4v) is 4.26. The summed E-state index contributed by atoms with van der Waals surface area (Å²) in [5, 5.41) is 9.53. The van der Waals surface area contributed by atoms with E-state index in [1.807, 2.05) is 46.3 Å². The van der Waals surface area contributed by atoms with Crippen LogP contribution in [0.5, 0.6) is 0 Å². The number of nitrogens with two attached hydrogens (primary N) is 1. The molecule has 7 nitrogen and oxygen atoms in total. The van der Waals surface area contributed by atoms with Gasteiger partial charge >= 0.3 is 0 Å². The minimum Gasteiger partial charge on any atom is -0.364 e. The van der Waals surface area contributed by atoms with Crippen molar-refractivity contribution in [3.8, 4) is 0 Å². The number of primary amides is 1. The summed E-state index contributed by atoms with van der Waals surface area (Å²) < 4.78 is 4.41. The number of hydrogen-bond donors (Lipinski definition) is 2. The first-order valence-corrected chi connectivity index (χ1v) is 10.1. The van der Waals surface area contributed by atoms with Gasteiger partial charge in [0.1, 0.15) is 5.69 Å². The van der Waals surface area contributed by atoms with Crippen molar-refractivity contribution in [2.75, 3.05) is 5.32 Å². The van der Waals surface area contributed by atoms with Crippen molar-refractivity contribution in [1.82, 2.24) is 14.3 Å². The van der Waals surface area contributed by atoms with Gasteiger partial charge in [0.2, 0.25) is 0 Å². The first-order chi connectivity index (χ1) is 13.9. The van der Waals surface area contributed by atoms with Crippen LogP contribution in [0.4, 0.5) is 5.69 Å². The van der Waals surface area contributed by atoms with Gasteiger partial charge in [0, 0.05) is 18.6 Å². The van der Waals surface area contributed by atoms with E-state index in [1.165, 1.54) is 4.68 Å². The maximum Gasteiger partial charge on any atom is 0.272 e. The Kier molecular flexibility index (Phi) is 4.89. The van der Waals surface area contributed by atoms with Crippen LogP contribution in [0.1, 0.15) is 32.2 Å². The number of benzene rings is 1. The third kappa shape index (κ3) is 3.41. The number of anilines is 1. The molecule has 0 spiro atoms. The number of thiophene rings is 1. The lowest BCUT2D eigenvalue weighted by Crippen LogP contribution is -2.21. The van der Waals surface area contributed by atoms with Crippen molar-refractivity contribution in [3.05, 3.63) is 69.4 Å². The van der Waals surface area contributed by atoms with Gasteiger partial charge in [-0.1, -0.05) is 29.8 Å². The van der Waals surface area contributed by atoms with Crippen LogP contribution in [0.3, 0.4) is 0 Å². The number of nitrogens with zero attached hydrogens (tertiary/aromatic N) is 3. The van der Waals surface area contributed by atoms with E-state index < -0.39 is 5.91 Å². The molecule has 3 heterocycles. The number of rotatable bonds is 5. The van der Waals surface area contributed by atoms with Gasteiger partial charge in [-0.05, 0) is 36.1 Å². The molecule has 2 amide bonds. The van der Waals surface area contributed by atoms with Gasteiger partial charge < -0.3 is 15.6 Å². The number of hydrogen-bond acceptors (Lipinski definition) is 4. The molecule has 0 aliphatic rings. The van der Waals surface area contributed by atoms with Crippen molar-refractivity contribution in [2.24, 2.45) is 12.8 Å². The molecule has 0 bridgehead atoms. The van der Waals surface area contributed by atoms with E-state index in [1.54, 1.807) is 25.3 Å². The zero-order chi connectivity index (χ0) is 20.7. The molecule has 148 valence electrons. The van der Waals surface area contributed by atoms with Crippen LogP contribution >= 0.6 is 22.9 Å². The lowest BCUT2D eigenvalue weighted by atomic mass is 10.2. The second kappa shape index (κ2) is 7.38. The maximum absolute atomic E-state index is 13.2. The summed E-state index contributed by atoms with van der Waals surface area (Å²) >= 11 is 7.89. The molecule has 0 fully saturated rings. The van der Waals surface area contributed by atoms with E-state index in [0.717, 1.165) is 15.8 Å². The Hall–Kier alpha value is -3.10. The zero-order valence-electron chi connectivity index (χ0n) is 15.8. The van der Waals surface area contributed by atoms with Crippen LogP contribution < -0.4 is 11.1 Å². The van der Waals surface area contributed by atoms with E-state index in [2.05, 4.69) is 10.4 Å². The number of aryl methyl sites for hydroxylation is 1. The first-order valence-electron chi connectivity index (χ1n) is 8.81. The molecule has 4 rings (SSSR count). The quantitative estimate of drug-likeness (QED) is 0.507. The lowest BCUT2D eigenvalue weighted by molar-refractivity contribution is 0.0995. The second-order valence-corrected chi connectivity index (χ2v) is 7.98. The molecule has 3 N–H and O–H groups in total. The van der Waals surface area contributed by atoms with Crippen molar-refractivity contribution in [2.45, 2.75) is 13.5 Å². The smallest absolute Gasteiger partial charge is 0.272 e. The summed E-state index contributed by atoms with van der Waals surface area (Å²) in [5.74, 6) is -1.05. The fourth-order valence-electron chi connectivity index (χ4n) is 3.24. The minimum atomic E-state index is -0.698. The highest BCUT2D eigenvalue weighted by molar-refractivity contribution is 7.17. The zero-order valence-corrected chi connectivity index (χ0v) is 17.3. The standard InChI is InChI=1S/C20H18ClN5O2S/c1-11-17(18(19(22)27)24-25(11)2)23-20(28)15-9-16-14(7-8-29-16)26(15)10-12-5-3-4-6-13(12)21/h3-9H,10H2,1-2H3,(H2,22,27)(H,23,28). The topological polar surface area (TPSA) is 94.9 Å². The number of fused-ring (bicyclic) bond motifs is 1. The Balaban J connectivity index is 1.75. The molecular weight excluding hydrogens is 410 g/mol. The SMILES string of the molecule is Cc1c(NC(=O)c2cc3sccc3n2Cc2ccccc2Cl)c(C(N)=O)nn1C. The molecule has 0 atom stereocenters. The molecule has 4 aromatic rings. The van der Waals surface area contributed by atoms with Crippen LogP contribution in [0.25, 0.3) is 10.2 Å². The molecule has 29 heavy (non-hydrogen) atoms. The second-order valence-electron chi connectivity index (χ2n) is 6.63. The van der Waals surface area contributed by atoms with Crippen molar-refractivity contribution in [1.29, 1.82) is 0 Å². The third-order valence-electron chi connectivity index (χ3n) is 4.85. The molecule has 3 aromatic heterocycles. The largest absolute Gasteiger partial charge is 0.364 e. The normalized spacial score (nSPS) is 11.1. The Morgan fingerprint density at radius 1 is 1.28 bits per heavy atom. The van der Waals surface area contributed by atoms with Crippen LogP contribution in [0.15, 0.2) is 41.8 Å². The molecule has 0 unspecified atom stereocenters. The summed E-state index contributed by atoms with van der Waals surface area (Å²) in [6, 6.07) is 11.3. The van der Waals surface area contributed by atoms with Gasteiger partial charge in [-0.15, -0.1) is 11.3 Å². The van der Waals surface area contributed by atoms with Gasteiger partial charge in [0.15, 0.2) is 5.69 Å². The summed E-state index contributed by atoms with van der Waals surface area (Å²) in [6.07, 6.45) is 0. The predicted octanol–water partition coefficient (Wildman–Crippen LogP) is 3.80. The van der Waals surface area contributed by atoms with E-state index in [9.17, 15) is 9.59 Å². The average Bonchev–Trinajstić information content (AvgIpc) is 3.34. The Labute approximate surface area is 175 Å². The van der Waals surface area contributed by atoms with E-state index in [4.69, 9.17) is 17.3 Å². The predicted molar refractivity (Wildman–Crippen MR) is 115 cm³/mol. The highest BCUT2D eigenvalue weighted by atomic mass is 35.5. The number of carbonyl (C=O) groups excluding carboxylic acids is 2. The monoisotopic (exact) mass is 427 g/mol. The van der Waals surface area contributed by atoms with Crippen LogP contribution in [0, 0.1) is 6.92 Å². The molecule has 0 saturated carbocycles. The van der Waals surface area contributed by atoms with E-state index in [0.29, 0.717) is 28.6 Å². The van der Waals surface area contributed by atoms with Crippen LogP contribution in [0.2, 0.25) is 5.02 Å². The van der Waals surface area contributed by atoms with Crippen molar-refractivity contribution < 1.29 is 9.59 Å². The molecule has 0 aliphatic heterocycles. The Morgan fingerprint density at radius 2 is 2.03 bits per heavy atom.